The molecule has 0 fully saturated rings. The topological polar surface area (TPSA) is 51.2 Å². The van der Waals surface area contributed by atoms with Crippen molar-refractivity contribution in [1.29, 1.82) is 0 Å². The van der Waals surface area contributed by atoms with Crippen LogP contribution in [-0.4, -0.2) is 18.0 Å². The minimum absolute atomic E-state index is 0.147. The molecule has 1 heterocycles. The van der Waals surface area contributed by atoms with E-state index >= 15 is 0 Å². The van der Waals surface area contributed by atoms with Gasteiger partial charge in [0.2, 0.25) is 0 Å². The van der Waals surface area contributed by atoms with Crippen molar-refractivity contribution < 1.29 is 9.53 Å². The fraction of sp³-hybridized carbons (Fsp3) is 0.120. The van der Waals surface area contributed by atoms with Gasteiger partial charge in [0.05, 0.1) is 23.9 Å². The lowest BCUT2D eigenvalue weighted by Crippen LogP contribution is -2.13. The van der Waals surface area contributed by atoms with Crippen LogP contribution in [0.1, 0.15) is 22.8 Å². The molecule has 0 aliphatic carbocycles. The lowest BCUT2D eigenvalue weighted by molar-refractivity contribution is 0.102. The van der Waals surface area contributed by atoms with E-state index in [9.17, 15) is 4.79 Å². The van der Waals surface area contributed by atoms with Gasteiger partial charge in [-0.25, -0.2) is 4.98 Å². The van der Waals surface area contributed by atoms with E-state index in [-0.39, 0.29) is 5.91 Å². The number of fused-ring (bicyclic) bond motifs is 1. The van der Waals surface area contributed by atoms with Crippen LogP contribution in [0.25, 0.3) is 22.2 Å². The first-order chi connectivity index (χ1) is 14.2. The summed E-state index contributed by atoms with van der Waals surface area (Å²) in [6.45, 7) is 2.10. The number of para-hydroxylation sites is 1. The Morgan fingerprint density at radius 1 is 0.966 bits per heavy atom. The number of hydrogen-bond acceptors (Lipinski definition) is 3. The number of amides is 1. The molecule has 1 amide bonds. The minimum Gasteiger partial charge on any atom is -0.497 e. The maximum Gasteiger partial charge on any atom is 0.256 e. The molecule has 4 heteroatoms. The van der Waals surface area contributed by atoms with Crippen LogP contribution in [0.3, 0.4) is 0 Å². The summed E-state index contributed by atoms with van der Waals surface area (Å²) in [4.78, 5) is 18.0. The predicted molar refractivity (Wildman–Crippen MR) is 118 cm³/mol. The number of hydrogen-bond donors (Lipinski definition) is 1. The maximum atomic E-state index is 13.2. The first kappa shape index (κ1) is 18.7. The summed E-state index contributed by atoms with van der Waals surface area (Å²) in [5.74, 6) is 0.635. The van der Waals surface area contributed by atoms with E-state index in [4.69, 9.17) is 9.72 Å². The summed E-state index contributed by atoms with van der Waals surface area (Å²) in [5, 5.41) is 3.85. The number of methoxy groups -OCH3 is 1. The quantitative estimate of drug-likeness (QED) is 0.480. The first-order valence-corrected chi connectivity index (χ1v) is 9.62. The molecule has 0 saturated heterocycles. The molecule has 144 valence electrons. The van der Waals surface area contributed by atoms with E-state index in [1.807, 2.05) is 66.7 Å². The van der Waals surface area contributed by atoms with Gasteiger partial charge in [-0.1, -0.05) is 31.2 Å². The third kappa shape index (κ3) is 3.97. The summed E-state index contributed by atoms with van der Waals surface area (Å²) in [6.07, 6.45) is 0.899. The maximum absolute atomic E-state index is 13.2. The van der Waals surface area contributed by atoms with Crippen LogP contribution >= 0.6 is 0 Å². The molecule has 0 bridgehead atoms. The largest absolute Gasteiger partial charge is 0.497 e. The highest BCUT2D eigenvalue weighted by Gasteiger charge is 2.15. The average molecular weight is 382 g/mol. The number of ether oxygens (including phenoxy) is 1. The predicted octanol–water partition coefficient (Wildman–Crippen LogP) is 5.73. The number of anilines is 1. The molecule has 0 radical (unpaired) electrons. The summed E-state index contributed by atoms with van der Waals surface area (Å²) >= 11 is 0. The number of carbonyl (C=O) groups excluding carboxylic acids is 1. The normalized spacial score (nSPS) is 10.7. The van der Waals surface area contributed by atoms with Crippen LogP contribution in [0, 0.1) is 0 Å². The molecule has 4 nitrogen and oxygen atoms in total. The van der Waals surface area contributed by atoms with Gasteiger partial charge in [0.25, 0.3) is 5.91 Å². The Kier molecular flexibility index (Phi) is 5.25. The van der Waals surface area contributed by atoms with Gasteiger partial charge in [-0.15, -0.1) is 0 Å². The Hall–Kier alpha value is -3.66. The lowest BCUT2D eigenvalue weighted by Gasteiger charge is -2.12. The molecule has 4 rings (SSSR count). The van der Waals surface area contributed by atoms with E-state index in [1.165, 1.54) is 5.56 Å². The second-order valence-corrected chi connectivity index (χ2v) is 6.81. The summed E-state index contributed by atoms with van der Waals surface area (Å²) in [5.41, 5.74) is 5.03. The second kappa shape index (κ2) is 8.15. The Morgan fingerprint density at radius 3 is 2.41 bits per heavy atom. The van der Waals surface area contributed by atoms with Gasteiger partial charge >= 0.3 is 0 Å². The second-order valence-electron chi connectivity index (χ2n) is 6.81. The number of aromatic nitrogens is 1. The molecule has 1 N–H and O–H groups in total. The lowest BCUT2D eigenvalue weighted by atomic mass is 10.0. The van der Waals surface area contributed by atoms with Crippen molar-refractivity contribution in [3.05, 3.63) is 90.0 Å². The van der Waals surface area contributed by atoms with E-state index in [0.29, 0.717) is 5.56 Å². The van der Waals surface area contributed by atoms with E-state index < -0.39 is 0 Å². The van der Waals surface area contributed by atoms with Gasteiger partial charge in [-0.2, -0.15) is 0 Å². The molecule has 0 aliphatic heterocycles. The smallest absolute Gasteiger partial charge is 0.256 e. The van der Waals surface area contributed by atoms with Gasteiger partial charge < -0.3 is 10.1 Å². The van der Waals surface area contributed by atoms with Crippen LogP contribution in [0.15, 0.2) is 78.9 Å². The number of benzene rings is 3. The minimum atomic E-state index is -0.147. The number of aryl methyl sites for hydroxylation is 1. The highest BCUT2D eigenvalue weighted by atomic mass is 16.5. The first-order valence-electron chi connectivity index (χ1n) is 9.62. The fourth-order valence-corrected chi connectivity index (χ4v) is 3.31. The van der Waals surface area contributed by atoms with Crippen molar-refractivity contribution in [2.45, 2.75) is 13.3 Å². The molecular formula is C25H22N2O2. The van der Waals surface area contributed by atoms with Gasteiger partial charge in [0.1, 0.15) is 5.75 Å². The molecule has 4 aromatic rings. The van der Waals surface area contributed by atoms with Crippen molar-refractivity contribution in [1.82, 2.24) is 4.98 Å². The van der Waals surface area contributed by atoms with Crippen molar-refractivity contribution in [3.8, 4) is 17.0 Å². The molecule has 1 aromatic heterocycles. The van der Waals surface area contributed by atoms with Crippen LogP contribution in [0.5, 0.6) is 5.75 Å². The highest BCUT2D eigenvalue weighted by Crippen LogP contribution is 2.28. The average Bonchev–Trinajstić information content (AvgIpc) is 2.78. The number of pyridine rings is 1. The molecule has 0 aliphatic rings. The van der Waals surface area contributed by atoms with Crippen molar-refractivity contribution in [2.24, 2.45) is 0 Å². The molecule has 3 aromatic carbocycles. The molecule has 29 heavy (non-hydrogen) atoms. The Balaban J connectivity index is 1.83. The zero-order chi connectivity index (χ0) is 20.2. The third-order valence-corrected chi connectivity index (χ3v) is 4.94. The van der Waals surface area contributed by atoms with E-state index in [0.717, 1.165) is 40.0 Å². The Bertz CT molecular complexity index is 1150. The molecule has 0 unspecified atom stereocenters. The van der Waals surface area contributed by atoms with Gasteiger partial charge in [-0.05, 0) is 66.6 Å². The SMILES string of the molecule is CCc1ccc2nc(-c3ccc(OC)cc3)cc(C(=O)Nc3ccccc3)c2c1. The molecule has 0 atom stereocenters. The molecule has 0 spiro atoms. The van der Waals surface area contributed by atoms with E-state index in [2.05, 4.69) is 24.4 Å². The number of nitrogens with zero attached hydrogens (tertiary/aromatic N) is 1. The van der Waals surface area contributed by atoms with Gasteiger partial charge in [-0.3, -0.25) is 4.79 Å². The number of nitrogens with one attached hydrogen (secondary N) is 1. The van der Waals surface area contributed by atoms with E-state index in [1.54, 1.807) is 7.11 Å². The van der Waals surface area contributed by atoms with Crippen LogP contribution in [0.2, 0.25) is 0 Å². The van der Waals surface area contributed by atoms with Gasteiger partial charge in [0.15, 0.2) is 0 Å². The Labute approximate surface area is 170 Å². The summed E-state index contributed by atoms with van der Waals surface area (Å²) in [7, 11) is 1.64. The zero-order valence-electron chi connectivity index (χ0n) is 16.5. The third-order valence-electron chi connectivity index (χ3n) is 4.94. The monoisotopic (exact) mass is 382 g/mol. The van der Waals surface area contributed by atoms with Crippen LogP contribution < -0.4 is 10.1 Å². The van der Waals surface area contributed by atoms with Crippen LogP contribution in [-0.2, 0) is 6.42 Å². The summed E-state index contributed by atoms with van der Waals surface area (Å²) < 4.78 is 5.24. The number of rotatable bonds is 5. The van der Waals surface area contributed by atoms with Crippen LogP contribution in [0.4, 0.5) is 5.69 Å². The van der Waals surface area contributed by atoms with Crippen molar-refractivity contribution >= 4 is 22.5 Å². The van der Waals surface area contributed by atoms with Gasteiger partial charge in [0, 0.05) is 16.6 Å². The fourth-order valence-electron chi connectivity index (χ4n) is 3.31. The summed E-state index contributed by atoms with van der Waals surface area (Å²) in [6, 6.07) is 25.1. The highest BCUT2D eigenvalue weighted by molar-refractivity contribution is 6.13. The van der Waals surface area contributed by atoms with Crippen molar-refractivity contribution in [2.75, 3.05) is 12.4 Å². The molecular weight excluding hydrogens is 360 g/mol. The zero-order valence-corrected chi connectivity index (χ0v) is 16.5. The van der Waals surface area contributed by atoms with Crippen molar-refractivity contribution in [3.63, 3.8) is 0 Å². The number of carbonyl (C=O) groups is 1. The Morgan fingerprint density at radius 2 is 1.72 bits per heavy atom. The standard InChI is InChI=1S/C25H22N2O2/c1-3-17-9-14-23-21(15-17)22(25(28)26-19-7-5-4-6-8-19)16-24(27-23)18-10-12-20(29-2)13-11-18/h4-16H,3H2,1-2H3,(H,26,28). The molecule has 0 saturated carbocycles.